The van der Waals surface area contributed by atoms with E-state index < -0.39 is 11.9 Å². The lowest BCUT2D eigenvalue weighted by molar-refractivity contribution is -0.126. The van der Waals surface area contributed by atoms with Crippen LogP contribution >= 0.6 is 11.8 Å². The Labute approximate surface area is 110 Å². The van der Waals surface area contributed by atoms with E-state index in [4.69, 9.17) is 11.5 Å². The second kappa shape index (κ2) is 7.03. The molecule has 0 aliphatic rings. The van der Waals surface area contributed by atoms with Gasteiger partial charge in [0.25, 0.3) is 0 Å². The number of thioether (sulfide) groups is 1. The SMILES string of the molecule is CSc1ccc(CNC(=O)[C@@H](N)CC(N)=O)cc1. The molecule has 0 saturated heterocycles. The molecule has 1 aromatic carbocycles. The van der Waals surface area contributed by atoms with Gasteiger partial charge in [-0.05, 0) is 24.0 Å². The number of nitrogens with two attached hydrogens (primary N) is 2. The molecule has 0 heterocycles. The van der Waals surface area contributed by atoms with Crippen molar-refractivity contribution < 1.29 is 9.59 Å². The molecule has 6 heteroatoms. The summed E-state index contributed by atoms with van der Waals surface area (Å²) in [7, 11) is 0. The lowest BCUT2D eigenvalue weighted by Gasteiger charge is -2.10. The molecule has 0 aliphatic carbocycles. The van der Waals surface area contributed by atoms with E-state index in [9.17, 15) is 9.59 Å². The molecule has 0 aromatic heterocycles. The van der Waals surface area contributed by atoms with Crippen molar-refractivity contribution in [2.24, 2.45) is 11.5 Å². The standard InChI is InChI=1S/C12H17N3O2S/c1-18-9-4-2-8(3-5-9)7-15-12(17)10(13)6-11(14)16/h2-5,10H,6-7,13H2,1H3,(H2,14,16)(H,15,17)/t10-/m0/s1. The molecular weight excluding hydrogens is 250 g/mol. The normalized spacial score (nSPS) is 11.9. The Bertz CT molecular complexity index is 420. The van der Waals surface area contributed by atoms with Crippen LogP contribution in [0.3, 0.4) is 0 Å². The summed E-state index contributed by atoms with van der Waals surface area (Å²) in [6.45, 7) is 0.389. The van der Waals surface area contributed by atoms with Crippen LogP contribution in [0.15, 0.2) is 29.2 Å². The number of rotatable bonds is 6. The third-order valence-electron chi connectivity index (χ3n) is 2.38. The highest BCUT2D eigenvalue weighted by atomic mass is 32.2. The number of carbonyl (C=O) groups excluding carboxylic acids is 2. The largest absolute Gasteiger partial charge is 0.370 e. The molecule has 0 bridgehead atoms. The monoisotopic (exact) mass is 267 g/mol. The first-order chi connectivity index (χ1) is 8.52. The summed E-state index contributed by atoms with van der Waals surface area (Å²) < 4.78 is 0. The lowest BCUT2D eigenvalue weighted by Crippen LogP contribution is -2.42. The molecule has 1 rings (SSSR count). The number of benzene rings is 1. The van der Waals surface area contributed by atoms with Crippen LogP contribution in [-0.4, -0.2) is 24.1 Å². The van der Waals surface area contributed by atoms with E-state index in [2.05, 4.69) is 5.32 Å². The van der Waals surface area contributed by atoms with Crippen molar-refractivity contribution in [3.63, 3.8) is 0 Å². The molecule has 5 nitrogen and oxygen atoms in total. The van der Waals surface area contributed by atoms with E-state index in [1.54, 1.807) is 11.8 Å². The molecule has 2 amide bonds. The number of hydrogen-bond acceptors (Lipinski definition) is 4. The van der Waals surface area contributed by atoms with E-state index in [0.717, 1.165) is 10.5 Å². The van der Waals surface area contributed by atoms with Gasteiger partial charge in [-0.1, -0.05) is 12.1 Å². The van der Waals surface area contributed by atoms with Gasteiger partial charge in [0.1, 0.15) is 0 Å². The highest BCUT2D eigenvalue weighted by molar-refractivity contribution is 7.98. The van der Waals surface area contributed by atoms with Gasteiger partial charge in [0.2, 0.25) is 11.8 Å². The smallest absolute Gasteiger partial charge is 0.237 e. The van der Waals surface area contributed by atoms with E-state index in [1.165, 1.54) is 0 Å². The molecule has 1 aromatic rings. The molecule has 0 aliphatic heterocycles. The van der Waals surface area contributed by atoms with Crippen LogP contribution in [0.2, 0.25) is 0 Å². The Kier molecular flexibility index (Phi) is 5.67. The van der Waals surface area contributed by atoms with Crippen molar-refractivity contribution in [1.82, 2.24) is 5.32 Å². The minimum absolute atomic E-state index is 0.142. The van der Waals surface area contributed by atoms with Gasteiger partial charge in [-0.3, -0.25) is 9.59 Å². The number of primary amides is 1. The fourth-order valence-corrected chi connectivity index (χ4v) is 1.78. The minimum Gasteiger partial charge on any atom is -0.370 e. The number of carbonyl (C=O) groups is 2. The maximum atomic E-state index is 11.5. The number of hydrogen-bond donors (Lipinski definition) is 3. The van der Waals surface area contributed by atoms with Gasteiger partial charge in [-0.25, -0.2) is 0 Å². The Morgan fingerprint density at radius 2 is 1.94 bits per heavy atom. The third-order valence-corrected chi connectivity index (χ3v) is 3.13. The molecule has 98 valence electrons. The quantitative estimate of drug-likeness (QED) is 0.642. The predicted octanol–water partition coefficient (Wildman–Crippen LogP) is 0.227. The number of nitrogens with one attached hydrogen (secondary N) is 1. The molecule has 5 N–H and O–H groups in total. The Hall–Kier alpha value is -1.53. The molecule has 18 heavy (non-hydrogen) atoms. The second-order valence-corrected chi connectivity index (χ2v) is 4.72. The molecule has 0 unspecified atom stereocenters. The maximum absolute atomic E-state index is 11.5. The summed E-state index contributed by atoms with van der Waals surface area (Å²) in [5.41, 5.74) is 11.5. The Balaban J connectivity index is 2.44. The first kappa shape index (κ1) is 14.5. The average Bonchev–Trinajstić information content (AvgIpc) is 2.35. The van der Waals surface area contributed by atoms with E-state index in [0.29, 0.717) is 6.54 Å². The zero-order valence-electron chi connectivity index (χ0n) is 10.2. The summed E-state index contributed by atoms with van der Waals surface area (Å²) in [4.78, 5) is 23.3. The second-order valence-electron chi connectivity index (χ2n) is 3.84. The van der Waals surface area contributed by atoms with Gasteiger partial charge >= 0.3 is 0 Å². The summed E-state index contributed by atoms with van der Waals surface area (Å²) in [5.74, 6) is -0.954. The van der Waals surface area contributed by atoms with Crippen molar-refractivity contribution in [2.75, 3.05) is 6.26 Å². The fraction of sp³-hybridized carbons (Fsp3) is 0.333. The highest BCUT2D eigenvalue weighted by Gasteiger charge is 2.15. The van der Waals surface area contributed by atoms with Gasteiger partial charge in [0.05, 0.1) is 12.5 Å². The van der Waals surface area contributed by atoms with Crippen LogP contribution in [0.5, 0.6) is 0 Å². The van der Waals surface area contributed by atoms with Crippen LogP contribution in [0.4, 0.5) is 0 Å². The number of amides is 2. The first-order valence-electron chi connectivity index (χ1n) is 5.47. The summed E-state index contributed by atoms with van der Waals surface area (Å²) in [5, 5.41) is 2.66. The summed E-state index contributed by atoms with van der Waals surface area (Å²) >= 11 is 1.65. The van der Waals surface area contributed by atoms with Gasteiger partial charge in [0, 0.05) is 11.4 Å². The van der Waals surface area contributed by atoms with Crippen molar-refractivity contribution in [3.8, 4) is 0 Å². The topological polar surface area (TPSA) is 98.2 Å². The van der Waals surface area contributed by atoms with Gasteiger partial charge in [0.15, 0.2) is 0 Å². The van der Waals surface area contributed by atoms with Gasteiger partial charge in [-0.15, -0.1) is 11.8 Å². The van der Waals surface area contributed by atoms with Gasteiger partial charge < -0.3 is 16.8 Å². The Morgan fingerprint density at radius 3 is 2.44 bits per heavy atom. The molecule has 0 radical (unpaired) electrons. The van der Waals surface area contributed by atoms with E-state index in [-0.39, 0.29) is 12.3 Å². The first-order valence-corrected chi connectivity index (χ1v) is 6.70. The van der Waals surface area contributed by atoms with Crippen LogP contribution in [0.25, 0.3) is 0 Å². The molecule has 1 atom stereocenters. The molecule has 0 fully saturated rings. The maximum Gasteiger partial charge on any atom is 0.237 e. The van der Waals surface area contributed by atoms with Crippen molar-refractivity contribution >= 4 is 23.6 Å². The minimum atomic E-state index is -0.882. The van der Waals surface area contributed by atoms with Crippen LogP contribution < -0.4 is 16.8 Å². The zero-order valence-corrected chi connectivity index (χ0v) is 11.0. The molecular formula is C12H17N3O2S. The zero-order chi connectivity index (χ0) is 13.5. The van der Waals surface area contributed by atoms with Crippen LogP contribution in [0.1, 0.15) is 12.0 Å². The van der Waals surface area contributed by atoms with E-state index in [1.807, 2.05) is 30.5 Å². The molecule has 0 saturated carbocycles. The average molecular weight is 267 g/mol. The van der Waals surface area contributed by atoms with Crippen molar-refractivity contribution in [3.05, 3.63) is 29.8 Å². The third kappa shape index (κ3) is 4.77. The van der Waals surface area contributed by atoms with Crippen LogP contribution in [0, 0.1) is 0 Å². The van der Waals surface area contributed by atoms with Crippen molar-refractivity contribution in [2.45, 2.75) is 23.9 Å². The molecule has 0 spiro atoms. The lowest BCUT2D eigenvalue weighted by atomic mass is 10.2. The Morgan fingerprint density at radius 1 is 1.33 bits per heavy atom. The van der Waals surface area contributed by atoms with Crippen LogP contribution in [-0.2, 0) is 16.1 Å². The summed E-state index contributed by atoms with van der Waals surface area (Å²) in [6.07, 6.45) is 1.86. The van der Waals surface area contributed by atoms with Crippen molar-refractivity contribution in [1.29, 1.82) is 0 Å². The van der Waals surface area contributed by atoms with E-state index >= 15 is 0 Å². The fourth-order valence-electron chi connectivity index (χ4n) is 1.37. The highest BCUT2D eigenvalue weighted by Crippen LogP contribution is 2.14. The summed E-state index contributed by atoms with van der Waals surface area (Å²) in [6, 6.07) is 6.95. The predicted molar refractivity (Wildman–Crippen MR) is 71.9 cm³/mol. The van der Waals surface area contributed by atoms with Gasteiger partial charge in [-0.2, -0.15) is 0 Å².